The molecule has 0 heterocycles. The molecule has 9 nitrogen and oxygen atoms in total. The van der Waals surface area contributed by atoms with Crippen LogP contribution in [0, 0.1) is 6.92 Å². The van der Waals surface area contributed by atoms with Gasteiger partial charge >= 0.3 is 0 Å². The Balaban J connectivity index is 2.27. The van der Waals surface area contributed by atoms with E-state index < -0.39 is 27.7 Å². The van der Waals surface area contributed by atoms with E-state index in [9.17, 15) is 22.8 Å². The van der Waals surface area contributed by atoms with Crippen LogP contribution in [0.4, 0.5) is 5.69 Å². The third kappa shape index (κ3) is 5.88. The van der Waals surface area contributed by atoms with Gasteiger partial charge in [-0.3, -0.25) is 14.4 Å². The maximum Gasteiger partial charge on any atom is 0.255 e. The molecule has 0 saturated heterocycles. The van der Waals surface area contributed by atoms with E-state index in [0.29, 0.717) is 5.56 Å². The lowest BCUT2D eigenvalue weighted by Crippen LogP contribution is -2.29. The number of sulfonamides is 1. The number of anilines is 1. The molecule has 10 heteroatoms. The second-order valence-corrected chi connectivity index (χ2v) is 8.22. The molecular weight excluding hydrogens is 408 g/mol. The smallest absolute Gasteiger partial charge is 0.255 e. The van der Waals surface area contributed by atoms with Crippen molar-refractivity contribution in [2.45, 2.75) is 25.2 Å². The van der Waals surface area contributed by atoms with Crippen LogP contribution in [0.5, 0.6) is 0 Å². The first-order chi connectivity index (χ1) is 14.2. The molecule has 0 spiro atoms. The van der Waals surface area contributed by atoms with Gasteiger partial charge in [-0.25, -0.2) is 13.1 Å². The second-order valence-electron chi connectivity index (χ2n) is 6.45. The van der Waals surface area contributed by atoms with Crippen molar-refractivity contribution in [1.82, 2.24) is 10.0 Å². The van der Waals surface area contributed by atoms with Crippen LogP contribution in [0.2, 0.25) is 0 Å². The lowest BCUT2D eigenvalue weighted by atomic mass is 10.1. The summed E-state index contributed by atoms with van der Waals surface area (Å²) in [5.74, 6) is -1.58. The van der Waals surface area contributed by atoms with Crippen molar-refractivity contribution >= 4 is 33.4 Å². The Morgan fingerprint density at radius 2 is 1.70 bits per heavy atom. The Morgan fingerprint density at radius 3 is 2.37 bits per heavy atom. The lowest BCUT2D eigenvalue weighted by Gasteiger charge is -2.13. The number of para-hydroxylation sites is 1. The maximum atomic E-state index is 12.8. The van der Waals surface area contributed by atoms with Gasteiger partial charge in [0.1, 0.15) is 0 Å². The Hall–Kier alpha value is -3.24. The predicted octanol–water partition coefficient (Wildman–Crippen LogP) is 1.15. The van der Waals surface area contributed by atoms with Crippen molar-refractivity contribution in [1.29, 1.82) is 0 Å². The molecule has 0 fully saturated rings. The molecule has 2 aromatic carbocycles. The van der Waals surface area contributed by atoms with E-state index in [-0.39, 0.29) is 41.2 Å². The van der Waals surface area contributed by atoms with Crippen molar-refractivity contribution in [3.63, 3.8) is 0 Å². The highest BCUT2D eigenvalue weighted by atomic mass is 32.2. The Bertz CT molecular complexity index is 1070. The first kappa shape index (κ1) is 23.0. The molecule has 0 aliphatic rings. The van der Waals surface area contributed by atoms with Gasteiger partial charge in [0.05, 0.1) is 16.1 Å². The van der Waals surface area contributed by atoms with Gasteiger partial charge in [-0.1, -0.05) is 25.1 Å². The van der Waals surface area contributed by atoms with Gasteiger partial charge in [0.2, 0.25) is 15.9 Å². The predicted molar refractivity (Wildman–Crippen MR) is 113 cm³/mol. The van der Waals surface area contributed by atoms with Crippen LogP contribution in [0.25, 0.3) is 0 Å². The number of carbonyl (C=O) groups is 3. The number of hydrogen-bond acceptors (Lipinski definition) is 5. The van der Waals surface area contributed by atoms with Gasteiger partial charge in [0.25, 0.3) is 11.8 Å². The summed E-state index contributed by atoms with van der Waals surface area (Å²) >= 11 is 0. The van der Waals surface area contributed by atoms with Crippen LogP contribution in [-0.4, -0.2) is 39.2 Å². The summed E-state index contributed by atoms with van der Waals surface area (Å²) in [6.07, 6.45) is -0.00742. The van der Waals surface area contributed by atoms with E-state index in [4.69, 9.17) is 5.73 Å². The Morgan fingerprint density at radius 1 is 1.00 bits per heavy atom. The molecular formula is C20H24N4O5S. The zero-order valence-electron chi connectivity index (χ0n) is 16.7. The molecule has 30 heavy (non-hydrogen) atoms. The average molecular weight is 433 g/mol. The molecule has 5 N–H and O–H groups in total. The molecule has 2 aromatic rings. The monoisotopic (exact) mass is 432 g/mol. The molecule has 0 bridgehead atoms. The average Bonchev–Trinajstić information content (AvgIpc) is 2.68. The number of hydrogen-bond donors (Lipinski definition) is 4. The van der Waals surface area contributed by atoms with Crippen molar-refractivity contribution in [3.05, 3.63) is 59.2 Å². The highest BCUT2D eigenvalue weighted by Gasteiger charge is 2.19. The lowest BCUT2D eigenvalue weighted by molar-refractivity contribution is -0.117. The molecule has 3 amide bonds. The normalized spacial score (nSPS) is 11.0. The number of benzene rings is 2. The summed E-state index contributed by atoms with van der Waals surface area (Å²) in [5.41, 5.74) is 6.25. The molecule has 0 unspecified atom stereocenters. The number of aryl methyl sites for hydroxylation is 1. The summed E-state index contributed by atoms with van der Waals surface area (Å²) in [5, 5.41) is 5.21. The van der Waals surface area contributed by atoms with Crippen LogP contribution in [0.1, 0.15) is 39.6 Å². The Kier molecular flexibility index (Phi) is 7.67. The van der Waals surface area contributed by atoms with E-state index in [1.54, 1.807) is 38.1 Å². The molecule has 0 aromatic heterocycles. The summed E-state index contributed by atoms with van der Waals surface area (Å²) in [4.78, 5) is 36.0. The van der Waals surface area contributed by atoms with E-state index in [0.717, 1.165) is 0 Å². The van der Waals surface area contributed by atoms with Gasteiger partial charge in [-0.05, 0) is 36.8 Å². The van der Waals surface area contributed by atoms with Gasteiger partial charge in [-0.15, -0.1) is 0 Å². The first-order valence-corrected chi connectivity index (χ1v) is 10.7. The van der Waals surface area contributed by atoms with Gasteiger partial charge < -0.3 is 16.4 Å². The van der Waals surface area contributed by atoms with E-state index >= 15 is 0 Å². The molecule has 2 rings (SSSR count). The summed E-state index contributed by atoms with van der Waals surface area (Å²) in [6, 6.07) is 10.6. The summed E-state index contributed by atoms with van der Waals surface area (Å²) in [7, 11) is -3.73. The quantitative estimate of drug-likeness (QED) is 0.469. The van der Waals surface area contributed by atoms with Crippen LogP contribution in [-0.2, 0) is 14.8 Å². The van der Waals surface area contributed by atoms with Gasteiger partial charge in [0, 0.05) is 25.1 Å². The van der Waals surface area contributed by atoms with Crippen molar-refractivity contribution in [3.8, 4) is 0 Å². The SMILES string of the molecule is CCNS(=O)(=O)c1ccc(C)c(C(=O)Nc2ccccc2C(=O)NCCC(N)=O)c1. The van der Waals surface area contributed by atoms with E-state index in [2.05, 4.69) is 15.4 Å². The van der Waals surface area contributed by atoms with Gasteiger partial charge in [-0.2, -0.15) is 0 Å². The highest BCUT2D eigenvalue weighted by Crippen LogP contribution is 2.20. The summed E-state index contributed by atoms with van der Waals surface area (Å²) in [6.45, 7) is 3.63. The van der Waals surface area contributed by atoms with E-state index in [1.807, 2.05) is 0 Å². The minimum absolute atomic E-state index is 0.00742. The second kappa shape index (κ2) is 9.99. The minimum atomic E-state index is -3.73. The fourth-order valence-corrected chi connectivity index (χ4v) is 3.73. The number of amides is 3. The van der Waals surface area contributed by atoms with Crippen LogP contribution in [0.15, 0.2) is 47.4 Å². The van der Waals surface area contributed by atoms with Crippen LogP contribution < -0.4 is 21.1 Å². The van der Waals surface area contributed by atoms with Crippen molar-refractivity contribution in [2.24, 2.45) is 5.73 Å². The zero-order valence-corrected chi connectivity index (χ0v) is 17.5. The number of nitrogens with two attached hydrogens (primary N) is 1. The van der Waals surface area contributed by atoms with E-state index in [1.165, 1.54) is 18.2 Å². The third-order valence-electron chi connectivity index (χ3n) is 4.18. The zero-order chi connectivity index (χ0) is 22.3. The molecule has 0 aliphatic carbocycles. The number of primary amides is 1. The number of nitrogens with one attached hydrogen (secondary N) is 3. The topological polar surface area (TPSA) is 147 Å². The molecule has 0 atom stereocenters. The fraction of sp³-hybridized carbons (Fsp3) is 0.250. The fourth-order valence-electron chi connectivity index (χ4n) is 2.66. The van der Waals surface area contributed by atoms with Crippen LogP contribution >= 0.6 is 0 Å². The third-order valence-corrected chi connectivity index (χ3v) is 5.72. The highest BCUT2D eigenvalue weighted by molar-refractivity contribution is 7.89. The van der Waals surface area contributed by atoms with Crippen LogP contribution in [0.3, 0.4) is 0 Å². The number of rotatable bonds is 9. The molecule has 160 valence electrons. The van der Waals surface area contributed by atoms with Gasteiger partial charge in [0.15, 0.2) is 0 Å². The molecule has 0 saturated carbocycles. The first-order valence-electron chi connectivity index (χ1n) is 9.23. The Labute approximate surface area is 175 Å². The maximum absolute atomic E-state index is 12.8. The molecule has 0 radical (unpaired) electrons. The summed E-state index contributed by atoms with van der Waals surface area (Å²) < 4.78 is 26.9. The standard InChI is InChI=1S/C20H24N4O5S/c1-3-23-30(28,29)14-9-8-13(2)16(12-14)20(27)24-17-7-5-4-6-15(17)19(26)22-11-10-18(21)25/h4-9,12,23H,3,10-11H2,1-2H3,(H2,21,25)(H,22,26)(H,24,27). The minimum Gasteiger partial charge on any atom is -0.370 e. The molecule has 0 aliphatic heterocycles. The largest absolute Gasteiger partial charge is 0.370 e. The number of carbonyl (C=O) groups excluding carboxylic acids is 3. The van der Waals surface area contributed by atoms with Crippen molar-refractivity contribution < 1.29 is 22.8 Å². The van der Waals surface area contributed by atoms with Crippen molar-refractivity contribution in [2.75, 3.05) is 18.4 Å².